The fourth-order valence-corrected chi connectivity index (χ4v) is 2.32. The fourth-order valence-electron chi connectivity index (χ4n) is 2.32. The third-order valence-electron chi connectivity index (χ3n) is 3.41. The van der Waals surface area contributed by atoms with Crippen molar-refractivity contribution in [3.63, 3.8) is 0 Å². The standard InChI is InChI=1S/C15H24N2/c1-12(2)17-9-8-16-11-14-10-15(14)13-6-4-3-5-7-13/h3-7,12,14-17H,8-11H2,1-2H3. The van der Waals surface area contributed by atoms with Crippen LogP contribution in [0.4, 0.5) is 0 Å². The van der Waals surface area contributed by atoms with E-state index < -0.39 is 0 Å². The summed E-state index contributed by atoms with van der Waals surface area (Å²) in [7, 11) is 0. The first kappa shape index (κ1) is 12.6. The van der Waals surface area contributed by atoms with E-state index in [0.29, 0.717) is 6.04 Å². The van der Waals surface area contributed by atoms with Crippen LogP contribution in [0.1, 0.15) is 31.7 Å². The molecule has 1 fully saturated rings. The summed E-state index contributed by atoms with van der Waals surface area (Å²) in [4.78, 5) is 0. The average Bonchev–Trinajstić information content (AvgIpc) is 3.09. The molecule has 1 aliphatic carbocycles. The van der Waals surface area contributed by atoms with Gasteiger partial charge in [0.05, 0.1) is 0 Å². The molecular weight excluding hydrogens is 208 g/mol. The first-order valence-electron chi connectivity index (χ1n) is 6.76. The Morgan fingerprint density at radius 1 is 1.18 bits per heavy atom. The Labute approximate surface area is 105 Å². The van der Waals surface area contributed by atoms with Crippen molar-refractivity contribution in [2.75, 3.05) is 19.6 Å². The molecule has 0 heterocycles. The molecule has 2 rings (SSSR count). The first-order chi connectivity index (χ1) is 8.27. The molecule has 17 heavy (non-hydrogen) atoms. The highest BCUT2D eigenvalue weighted by Gasteiger charge is 2.37. The molecule has 0 spiro atoms. The maximum atomic E-state index is 3.54. The van der Waals surface area contributed by atoms with Crippen molar-refractivity contribution in [1.29, 1.82) is 0 Å². The SMILES string of the molecule is CC(C)NCCNCC1CC1c1ccccc1. The molecule has 1 aromatic carbocycles. The van der Waals surface area contributed by atoms with Crippen molar-refractivity contribution < 1.29 is 0 Å². The normalized spacial score (nSPS) is 23.0. The lowest BCUT2D eigenvalue weighted by Crippen LogP contribution is -2.32. The Bertz CT molecular complexity index is 321. The van der Waals surface area contributed by atoms with E-state index >= 15 is 0 Å². The highest BCUT2D eigenvalue weighted by atomic mass is 15.0. The average molecular weight is 232 g/mol. The maximum absolute atomic E-state index is 3.54. The van der Waals surface area contributed by atoms with Crippen molar-refractivity contribution in [2.45, 2.75) is 32.2 Å². The maximum Gasteiger partial charge on any atom is 0.00790 e. The second-order valence-electron chi connectivity index (χ2n) is 5.33. The van der Waals surface area contributed by atoms with E-state index in [4.69, 9.17) is 0 Å². The number of nitrogens with one attached hydrogen (secondary N) is 2. The van der Waals surface area contributed by atoms with Gasteiger partial charge in [-0.15, -0.1) is 0 Å². The molecule has 0 amide bonds. The van der Waals surface area contributed by atoms with E-state index in [9.17, 15) is 0 Å². The highest BCUT2D eigenvalue weighted by Crippen LogP contribution is 2.46. The molecule has 2 unspecified atom stereocenters. The Morgan fingerprint density at radius 2 is 1.94 bits per heavy atom. The molecule has 1 saturated carbocycles. The van der Waals surface area contributed by atoms with E-state index in [-0.39, 0.29) is 0 Å². The molecule has 0 aromatic heterocycles. The Hall–Kier alpha value is -0.860. The van der Waals surface area contributed by atoms with Crippen LogP contribution in [0.5, 0.6) is 0 Å². The van der Waals surface area contributed by atoms with Crippen molar-refractivity contribution in [3.05, 3.63) is 35.9 Å². The molecule has 2 atom stereocenters. The zero-order valence-electron chi connectivity index (χ0n) is 10.9. The molecule has 2 heteroatoms. The summed E-state index contributed by atoms with van der Waals surface area (Å²) in [6, 6.07) is 11.5. The summed E-state index contributed by atoms with van der Waals surface area (Å²) < 4.78 is 0. The van der Waals surface area contributed by atoms with Gasteiger partial charge in [0.15, 0.2) is 0 Å². The van der Waals surface area contributed by atoms with Crippen molar-refractivity contribution in [1.82, 2.24) is 10.6 Å². The van der Waals surface area contributed by atoms with Crippen LogP contribution in [-0.4, -0.2) is 25.7 Å². The molecular formula is C15H24N2. The van der Waals surface area contributed by atoms with Crippen LogP contribution in [0.15, 0.2) is 30.3 Å². The molecule has 0 saturated heterocycles. The lowest BCUT2D eigenvalue weighted by Gasteiger charge is -2.08. The van der Waals surface area contributed by atoms with Gasteiger partial charge < -0.3 is 10.6 Å². The predicted molar refractivity (Wildman–Crippen MR) is 73.3 cm³/mol. The molecule has 0 aliphatic heterocycles. The molecule has 94 valence electrons. The third kappa shape index (κ3) is 4.14. The third-order valence-corrected chi connectivity index (χ3v) is 3.41. The Morgan fingerprint density at radius 3 is 2.65 bits per heavy atom. The minimum atomic E-state index is 0.592. The minimum Gasteiger partial charge on any atom is -0.315 e. The van der Waals surface area contributed by atoms with Crippen LogP contribution in [0, 0.1) is 5.92 Å². The molecule has 2 N–H and O–H groups in total. The van der Waals surface area contributed by atoms with Gasteiger partial charge in [0.1, 0.15) is 0 Å². The van der Waals surface area contributed by atoms with E-state index in [1.165, 1.54) is 18.5 Å². The van der Waals surface area contributed by atoms with Crippen LogP contribution in [-0.2, 0) is 0 Å². The monoisotopic (exact) mass is 232 g/mol. The largest absolute Gasteiger partial charge is 0.315 e. The summed E-state index contributed by atoms with van der Waals surface area (Å²) in [5, 5.41) is 6.96. The van der Waals surface area contributed by atoms with Gasteiger partial charge in [-0.25, -0.2) is 0 Å². The van der Waals surface area contributed by atoms with E-state index in [1.807, 2.05) is 0 Å². The van der Waals surface area contributed by atoms with Crippen molar-refractivity contribution in [3.8, 4) is 0 Å². The Kier molecular flexibility index (Phi) is 4.57. The zero-order valence-corrected chi connectivity index (χ0v) is 10.9. The molecule has 1 aliphatic rings. The Balaban J connectivity index is 1.58. The summed E-state index contributed by atoms with van der Waals surface area (Å²) in [6.07, 6.45) is 1.36. The lowest BCUT2D eigenvalue weighted by molar-refractivity contribution is 0.544. The van der Waals surface area contributed by atoms with Crippen LogP contribution < -0.4 is 10.6 Å². The predicted octanol–water partition coefficient (Wildman–Crippen LogP) is 2.38. The first-order valence-corrected chi connectivity index (χ1v) is 6.76. The lowest BCUT2D eigenvalue weighted by atomic mass is 10.1. The molecule has 0 bridgehead atoms. The van der Waals surface area contributed by atoms with Gasteiger partial charge in [-0.3, -0.25) is 0 Å². The van der Waals surface area contributed by atoms with Gasteiger partial charge >= 0.3 is 0 Å². The summed E-state index contributed by atoms with van der Waals surface area (Å²) >= 11 is 0. The molecule has 1 aromatic rings. The van der Waals surface area contributed by atoms with Crippen LogP contribution in [0.25, 0.3) is 0 Å². The number of hydrogen-bond donors (Lipinski definition) is 2. The van der Waals surface area contributed by atoms with Crippen LogP contribution in [0.3, 0.4) is 0 Å². The zero-order chi connectivity index (χ0) is 12.1. The van der Waals surface area contributed by atoms with Gasteiger partial charge in [-0.05, 0) is 30.4 Å². The molecule has 2 nitrogen and oxygen atoms in total. The summed E-state index contributed by atoms with van der Waals surface area (Å²) in [5.74, 6) is 1.67. The van der Waals surface area contributed by atoms with Crippen LogP contribution >= 0.6 is 0 Å². The van der Waals surface area contributed by atoms with E-state index in [0.717, 1.165) is 24.9 Å². The fraction of sp³-hybridized carbons (Fsp3) is 0.600. The summed E-state index contributed by atoms with van der Waals surface area (Å²) in [6.45, 7) is 7.69. The second-order valence-corrected chi connectivity index (χ2v) is 5.33. The van der Waals surface area contributed by atoms with Crippen molar-refractivity contribution in [2.24, 2.45) is 5.92 Å². The quantitative estimate of drug-likeness (QED) is 0.705. The summed E-state index contributed by atoms with van der Waals surface area (Å²) in [5.41, 5.74) is 1.51. The number of benzene rings is 1. The van der Waals surface area contributed by atoms with Gasteiger partial charge in [-0.1, -0.05) is 44.2 Å². The van der Waals surface area contributed by atoms with E-state index in [2.05, 4.69) is 54.8 Å². The smallest absolute Gasteiger partial charge is 0.00790 e. The topological polar surface area (TPSA) is 24.1 Å². The van der Waals surface area contributed by atoms with Gasteiger partial charge in [0, 0.05) is 19.1 Å². The van der Waals surface area contributed by atoms with Gasteiger partial charge in [0.25, 0.3) is 0 Å². The molecule has 0 radical (unpaired) electrons. The number of hydrogen-bond acceptors (Lipinski definition) is 2. The van der Waals surface area contributed by atoms with Gasteiger partial charge in [0.2, 0.25) is 0 Å². The highest BCUT2D eigenvalue weighted by molar-refractivity contribution is 5.25. The van der Waals surface area contributed by atoms with Crippen LogP contribution in [0.2, 0.25) is 0 Å². The van der Waals surface area contributed by atoms with E-state index in [1.54, 1.807) is 0 Å². The second kappa shape index (κ2) is 6.18. The van der Waals surface area contributed by atoms with Gasteiger partial charge in [-0.2, -0.15) is 0 Å². The number of rotatable bonds is 7. The van der Waals surface area contributed by atoms with Crippen molar-refractivity contribution >= 4 is 0 Å². The minimum absolute atomic E-state index is 0.592.